The minimum atomic E-state index is 0.0745. The number of carbonyl (C=O) groups is 1. The molecule has 18 heavy (non-hydrogen) atoms. The van der Waals surface area contributed by atoms with Crippen molar-refractivity contribution in [2.45, 2.75) is 18.8 Å². The zero-order valence-corrected chi connectivity index (χ0v) is 9.76. The number of nitrogens with zero attached hydrogens (tertiary/aromatic N) is 3. The second-order valence-electron chi connectivity index (χ2n) is 4.40. The van der Waals surface area contributed by atoms with Gasteiger partial charge in [0.1, 0.15) is 11.8 Å². The lowest BCUT2D eigenvalue weighted by Gasteiger charge is -2.21. The summed E-state index contributed by atoms with van der Waals surface area (Å²) in [4.78, 5) is 23.9. The molecule has 1 aliphatic heterocycles. The van der Waals surface area contributed by atoms with Gasteiger partial charge in [-0.15, -0.1) is 0 Å². The molecule has 92 valence electrons. The molecule has 1 unspecified atom stereocenters. The SMILES string of the molecule is Nc1ncnc2ccc(C3CCNC(=O)C3)nc12. The van der Waals surface area contributed by atoms with E-state index in [-0.39, 0.29) is 11.8 Å². The van der Waals surface area contributed by atoms with Crippen LogP contribution in [0.1, 0.15) is 24.5 Å². The van der Waals surface area contributed by atoms with Gasteiger partial charge in [0.15, 0.2) is 5.82 Å². The number of hydrogen-bond donors (Lipinski definition) is 2. The van der Waals surface area contributed by atoms with E-state index in [4.69, 9.17) is 5.73 Å². The number of carbonyl (C=O) groups excluding carboxylic acids is 1. The van der Waals surface area contributed by atoms with Crippen LogP contribution in [0.3, 0.4) is 0 Å². The number of nitrogens with one attached hydrogen (secondary N) is 1. The summed E-state index contributed by atoms with van der Waals surface area (Å²) < 4.78 is 0. The van der Waals surface area contributed by atoms with E-state index in [1.165, 1.54) is 6.33 Å². The molecule has 2 aromatic heterocycles. The van der Waals surface area contributed by atoms with Gasteiger partial charge >= 0.3 is 0 Å². The Balaban J connectivity index is 2.02. The average molecular weight is 243 g/mol. The molecular formula is C12H13N5O. The number of nitrogens with two attached hydrogens (primary N) is 1. The first kappa shape index (κ1) is 10.9. The molecule has 1 atom stereocenters. The highest BCUT2D eigenvalue weighted by atomic mass is 16.1. The molecule has 0 aliphatic carbocycles. The van der Waals surface area contributed by atoms with Crippen LogP contribution in [-0.4, -0.2) is 27.4 Å². The fourth-order valence-electron chi connectivity index (χ4n) is 2.24. The summed E-state index contributed by atoms with van der Waals surface area (Å²) in [6.07, 6.45) is 2.80. The van der Waals surface area contributed by atoms with Crippen molar-refractivity contribution in [1.29, 1.82) is 0 Å². The van der Waals surface area contributed by atoms with Crippen LogP contribution in [0.2, 0.25) is 0 Å². The van der Waals surface area contributed by atoms with Gasteiger partial charge in [-0.2, -0.15) is 0 Å². The van der Waals surface area contributed by atoms with Crippen LogP contribution in [0.5, 0.6) is 0 Å². The molecule has 6 heteroatoms. The first-order chi connectivity index (χ1) is 8.74. The van der Waals surface area contributed by atoms with Crippen molar-refractivity contribution < 1.29 is 4.79 Å². The fraction of sp³-hybridized carbons (Fsp3) is 0.333. The minimum Gasteiger partial charge on any atom is -0.382 e. The Bertz CT molecular complexity index is 612. The van der Waals surface area contributed by atoms with E-state index in [1.807, 2.05) is 12.1 Å². The first-order valence-corrected chi connectivity index (χ1v) is 5.88. The van der Waals surface area contributed by atoms with E-state index in [0.29, 0.717) is 24.3 Å². The number of aromatic nitrogens is 3. The Hall–Kier alpha value is -2.24. The molecule has 3 N–H and O–H groups in total. The molecule has 0 spiro atoms. The molecule has 3 rings (SSSR count). The summed E-state index contributed by atoms with van der Waals surface area (Å²) in [5.74, 6) is 0.607. The lowest BCUT2D eigenvalue weighted by atomic mass is 9.93. The zero-order valence-electron chi connectivity index (χ0n) is 9.76. The number of nitrogen functional groups attached to an aromatic ring is 1. The Morgan fingerprint density at radius 2 is 2.22 bits per heavy atom. The normalized spacial score (nSPS) is 19.8. The predicted octanol–water partition coefficient (Wildman–Crippen LogP) is 0.601. The maximum atomic E-state index is 11.4. The summed E-state index contributed by atoms with van der Waals surface area (Å²) in [6, 6.07) is 3.79. The molecular weight excluding hydrogens is 230 g/mol. The van der Waals surface area contributed by atoms with Gasteiger partial charge in [-0.3, -0.25) is 4.79 Å². The van der Waals surface area contributed by atoms with Crippen LogP contribution >= 0.6 is 0 Å². The van der Waals surface area contributed by atoms with Gasteiger partial charge in [0.05, 0.1) is 5.52 Å². The van der Waals surface area contributed by atoms with Gasteiger partial charge in [0.25, 0.3) is 0 Å². The lowest BCUT2D eigenvalue weighted by molar-refractivity contribution is -0.122. The Labute approximate surface area is 104 Å². The van der Waals surface area contributed by atoms with Crippen LogP contribution in [0, 0.1) is 0 Å². The van der Waals surface area contributed by atoms with Gasteiger partial charge in [-0.05, 0) is 18.6 Å². The maximum absolute atomic E-state index is 11.4. The smallest absolute Gasteiger partial charge is 0.220 e. The number of fused-ring (bicyclic) bond motifs is 1. The fourth-order valence-corrected chi connectivity index (χ4v) is 2.24. The van der Waals surface area contributed by atoms with Crippen molar-refractivity contribution >= 4 is 22.8 Å². The van der Waals surface area contributed by atoms with Crippen molar-refractivity contribution in [3.05, 3.63) is 24.2 Å². The predicted molar refractivity (Wildman–Crippen MR) is 66.7 cm³/mol. The number of pyridine rings is 1. The highest BCUT2D eigenvalue weighted by Crippen LogP contribution is 2.26. The average Bonchev–Trinajstić information content (AvgIpc) is 2.39. The number of anilines is 1. The van der Waals surface area contributed by atoms with Crippen molar-refractivity contribution in [2.24, 2.45) is 0 Å². The van der Waals surface area contributed by atoms with Crippen LogP contribution in [-0.2, 0) is 4.79 Å². The van der Waals surface area contributed by atoms with E-state index >= 15 is 0 Å². The standard InChI is InChI=1S/C12H13N5O/c13-12-11-9(15-6-16-12)2-1-8(17-11)7-3-4-14-10(18)5-7/h1-2,6-7H,3-5H2,(H,14,18)(H2,13,15,16). The quantitative estimate of drug-likeness (QED) is 0.765. The first-order valence-electron chi connectivity index (χ1n) is 5.88. The third kappa shape index (κ3) is 1.85. The molecule has 1 fully saturated rings. The molecule has 1 saturated heterocycles. The summed E-state index contributed by atoms with van der Waals surface area (Å²) in [5, 5.41) is 2.81. The third-order valence-electron chi connectivity index (χ3n) is 3.20. The second kappa shape index (κ2) is 4.21. The van der Waals surface area contributed by atoms with E-state index in [1.54, 1.807) is 0 Å². The summed E-state index contributed by atoms with van der Waals surface area (Å²) in [7, 11) is 0. The summed E-state index contributed by atoms with van der Waals surface area (Å²) in [6.45, 7) is 0.698. The molecule has 2 aromatic rings. The Morgan fingerprint density at radius 3 is 3.06 bits per heavy atom. The molecule has 1 amide bonds. The number of amides is 1. The van der Waals surface area contributed by atoms with Crippen molar-refractivity contribution in [3.63, 3.8) is 0 Å². The Kier molecular flexibility index (Phi) is 2.55. The highest BCUT2D eigenvalue weighted by Gasteiger charge is 2.22. The van der Waals surface area contributed by atoms with Gasteiger partial charge in [0, 0.05) is 24.6 Å². The van der Waals surface area contributed by atoms with Crippen LogP contribution in [0.15, 0.2) is 18.5 Å². The minimum absolute atomic E-state index is 0.0745. The van der Waals surface area contributed by atoms with E-state index in [9.17, 15) is 4.79 Å². The zero-order chi connectivity index (χ0) is 12.5. The van der Waals surface area contributed by atoms with Crippen molar-refractivity contribution in [3.8, 4) is 0 Å². The van der Waals surface area contributed by atoms with Gasteiger partial charge < -0.3 is 11.1 Å². The number of rotatable bonds is 1. The topological polar surface area (TPSA) is 93.8 Å². The summed E-state index contributed by atoms with van der Waals surface area (Å²) in [5.41, 5.74) is 8.02. The molecule has 0 saturated carbocycles. The molecule has 0 bridgehead atoms. The monoisotopic (exact) mass is 243 g/mol. The molecule has 6 nitrogen and oxygen atoms in total. The van der Waals surface area contributed by atoms with Crippen molar-refractivity contribution in [1.82, 2.24) is 20.3 Å². The van der Waals surface area contributed by atoms with Crippen LogP contribution < -0.4 is 11.1 Å². The summed E-state index contributed by atoms with van der Waals surface area (Å²) >= 11 is 0. The molecule has 0 radical (unpaired) electrons. The van der Waals surface area contributed by atoms with E-state index in [0.717, 1.165) is 17.6 Å². The van der Waals surface area contributed by atoms with Gasteiger partial charge in [-0.25, -0.2) is 15.0 Å². The van der Waals surface area contributed by atoms with Crippen molar-refractivity contribution in [2.75, 3.05) is 12.3 Å². The van der Waals surface area contributed by atoms with Crippen LogP contribution in [0.4, 0.5) is 5.82 Å². The second-order valence-corrected chi connectivity index (χ2v) is 4.40. The molecule has 3 heterocycles. The van der Waals surface area contributed by atoms with Gasteiger partial charge in [-0.1, -0.05) is 0 Å². The maximum Gasteiger partial charge on any atom is 0.220 e. The molecule has 0 aromatic carbocycles. The number of hydrogen-bond acceptors (Lipinski definition) is 5. The lowest BCUT2D eigenvalue weighted by Crippen LogP contribution is -2.32. The third-order valence-corrected chi connectivity index (χ3v) is 3.20. The molecule has 1 aliphatic rings. The van der Waals surface area contributed by atoms with Gasteiger partial charge in [0.2, 0.25) is 5.91 Å². The Morgan fingerprint density at radius 1 is 1.33 bits per heavy atom. The highest BCUT2D eigenvalue weighted by molar-refractivity contribution is 5.83. The van der Waals surface area contributed by atoms with E-state index in [2.05, 4.69) is 20.3 Å². The largest absolute Gasteiger partial charge is 0.382 e. The van der Waals surface area contributed by atoms with E-state index < -0.39 is 0 Å². The van der Waals surface area contributed by atoms with Crippen LogP contribution in [0.25, 0.3) is 11.0 Å². The number of piperidine rings is 1.